The van der Waals surface area contributed by atoms with Crippen LogP contribution < -0.4 is 14.2 Å². The zero-order valence-electron chi connectivity index (χ0n) is 18.3. The summed E-state index contributed by atoms with van der Waals surface area (Å²) >= 11 is 0. The lowest BCUT2D eigenvalue weighted by atomic mass is 10.1. The quantitative estimate of drug-likeness (QED) is 0.343. The SMILES string of the molecule is CCc1ccc(OCCCOc2ccc(OCC(=O)O)cc2)c(-n2nc3ccccc3n2)c1. The number of rotatable bonds is 11. The molecule has 0 spiro atoms. The van der Waals surface area contributed by atoms with E-state index < -0.39 is 5.97 Å². The molecule has 0 radical (unpaired) electrons. The van der Waals surface area contributed by atoms with Crippen LogP contribution in [-0.4, -0.2) is 45.9 Å². The average molecular weight is 447 g/mol. The van der Waals surface area contributed by atoms with E-state index >= 15 is 0 Å². The Hall–Kier alpha value is -4.07. The van der Waals surface area contributed by atoms with Crippen molar-refractivity contribution in [3.05, 3.63) is 72.3 Å². The highest BCUT2D eigenvalue weighted by atomic mass is 16.5. The normalized spacial score (nSPS) is 10.8. The van der Waals surface area contributed by atoms with Crippen LogP contribution in [0.15, 0.2) is 66.7 Å². The molecule has 0 aliphatic heterocycles. The average Bonchev–Trinajstić information content (AvgIpc) is 3.27. The smallest absolute Gasteiger partial charge is 0.341 e. The Balaban J connectivity index is 1.33. The number of carboxylic acid groups (broad SMARTS) is 1. The minimum atomic E-state index is -1.01. The number of nitrogens with zero attached hydrogens (tertiary/aromatic N) is 3. The summed E-state index contributed by atoms with van der Waals surface area (Å²) in [7, 11) is 0. The number of carboxylic acids is 1. The monoisotopic (exact) mass is 447 g/mol. The fourth-order valence-electron chi connectivity index (χ4n) is 3.24. The highest BCUT2D eigenvalue weighted by molar-refractivity contribution is 5.73. The summed E-state index contributed by atoms with van der Waals surface area (Å²) in [6, 6.07) is 20.7. The molecule has 0 saturated heterocycles. The number of hydrogen-bond acceptors (Lipinski definition) is 6. The molecule has 4 aromatic rings. The number of carbonyl (C=O) groups is 1. The molecular weight excluding hydrogens is 422 g/mol. The van der Waals surface area contributed by atoms with Crippen LogP contribution in [0.25, 0.3) is 16.7 Å². The van der Waals surface area contributed by atoms with Gasteiger partial charge in [0.15, 0.2) is 6.61 Å². The summed E-state index contributed by atoms with van der Waals surface area (Å²) in [4.78, 5) is 12.2. The van der Waals surface area contributed by atoms with E-state index in [2.05, 4.69) is 23.2 Å². The van der Waals surface area contributed by atoms with Gasteiger partial charge in [-0.25, -0.2) is 4.79 Å². The number of aliphatic carboxylic acids is 1. The fourth-order valence-corrected chi connectivity index (χ4v) is 3.24. The van der Waals surface area contributed by atoms with Gasteiger partial charge in [-0.3, -0.25) is 0 Å². The number of fused-ring (bicyclic) bond motifs is 1. The van der Waals surface area contributed by atoms with Crippen molar-refractivity contribution in [2.75, 3.05) is 19.8 Å². The van der Waals surface area contributed by atoms with Gasteiger partial charge >= 0.3 is 5.97 Å². The van der Waals surface area contributed by atoms with Crippen molar-refractivity contribution in [1.29, 1.82) is 0 Å². The predicted molar refractivity (Wildman–Crippen MR) is 123 cm³/mol. The van der Waals surface area contributed by atoms with Gasteiger partial charge in [-0.05, 0) is 60.5 Å². The van der Waals surface area contributed by atoms with E-state index in [1.807, 2.05) is 36.4 Å². The van der Waals surface area contributed by atoms with Crippen LogP contribution in [0.4, 0.5) is 0 Å². The van der Waals surface area contributed by atoms with Crippen LogP contribution >= 0.6 is 0 Å². The van der Waals surface area contributed by atoms with Crippen LogP contribution in [0.1, 0.15) is 18.9 Å². The number of hydrogen-bond donors (Lipinski definition) is 1. The molecule has 0 atom stereocenters. The van der Waals surface area contributed by atoms with Gasteiger partial charge < -0.3 is 19.3 Å². The molecule has 1 aromatic heterocycles. The Labute approximate surface area is 191 Å². The van der Waals surface area contributed by atoms with Crippen molar-refractivity contribution >= 4 is 17.0 Å². The van der Waals surface area contributed by atoms with Gasteiger partial charge in [0.2, 0.25) is 0 Å². The zero-order valence-corrected chi connectivity index (χ0v) is 18.3. The molecule has 33 heavy (non-hydrogen) atoms. The lowest BCUT2D eigenvalue weighted by Crippen LogP contribution is -2.09. The van der Waals surface area contributed by atoms with Gasteiger partial charge in [-0.1, -0.05) is 25.1 Å². The molecule has 4 rings (SSSR count). The third-order valence-electron chi connectivity index (χ3n) is 4.93. The maximum Gasteiger partial charge on any atom is 0.341 e. The second kappa shape index (κ2) is 10.5. The van der Waals surface area contributed by atoms with E-state index in [4.69, 9.17) is 19.3 Å². The fraction of sp³-hybridized carbons (Fsp3) is 0.240. The van der Waals surface area contributed by atoms with Crippen molar-refractivity contribution in [3.63, 3.8) is 0 Å². The Morgan fingerprint density at radius 1 is 0.879 bits per heavy atom. The van der Waals surface area contributed by atoms with E-state index in [0.717, 1.165) is 23.1 Å². The third-order valence-corrected chi connectivity index (χ3v) is 4.93. The summed E-state index contributed by atoms with van der Waals surface area (Å²) in [6.07, 6.45) is 1.59. The van der Waals surface area contributed by atoms with E-state index in [-0.39, 0.29) is 6.61 Å². The second-order valence-corrected chi connectivity index (χ2v) is 7.34. The lowest BCUT2D eigenvalue weighted by Gasteiger charge is -2.12. The first kappa shape index (κ1) is 22.1. The summed E-state index contributed by atoms with van der Waals surface area (Å²) in [6.45, 7) is 2.68. The van der Waals surface area contributed by atoms with Crippen LogP contribution in [-0.2, 0) is 11.2 Å². The zero-order chi connectivity index (χ0) is 23.0. The molecule has 0 unspecified atom stereocenters. The van der Waals surface area contributed by atoms with Crippen molar-refractivity contribution in [3.8, 4) is 22.9 Å². The van der Waals surface area contributed by atoms with E-state index in [1.165, 1.54) is 5.56 Å². The number of aromatic nitrogens is 3. The molecule has 1 N–H and O–H groups in total. The van der Waals surface area contributed by atoms with E-state index in [1.54, 1.807) is 29.1 Å². The summed E-state index contributed by atoms with van der Waals surface area (Å²) in [5.74, 6) is 0.862. The second-order valence-electron chi connectivity index (χ2n) is 7.34. The number of ether oxygens (including phenoxy) is 3. The minimum absolute atomic E-state index is 0.372. The molecule has 8 nitrogen and oxygen atoms in total. The van der Waals surface area contributed by atoms with Gasteiger partial charge in [0.25, 0.3) is 0 Å². The maximum atomic E-state index is 10.5. The van der Waals surface area contributed by atoms with Crippen molar-refractivity contribution < 1.29 is 24.1 Å². The standard InChI is InChI=1S/C25H25N3O5/c1-2-18-8-13-24(23(16-18)28-26-21-6-3-4-7-22(21)27-28)32-15-5-14-31-19-9-11-20(12-10-19)33-17-25(29)30/h3-4,6-13,16H,2,5,14-15,17H2,1H3,(H,29,30). The van der Waals surface area contributed by atoms with E-state index in [0.29, 0.717) is 36.9 Å². The van der Waals surface area contributed by atoms with Crippen LogP contribution in [0.2, 0.25) is 0 Å². The molecular formula is C25H25N3O5. The Morgan fingerprint density at radius 3 is 2.15 bits per heavy atom. The number of benzene rings is 3. The summed E-state index contributed by atoms with van der Waals surface area (Å²) in [5.41, 5.74) is 3.65. The molecule has 0 amide bonds. The Bertz CT molecular complexity index is 1190. The molecule has 0 fully saturated rings. The maximum absolute atomic E-state index is 10.5. The predicted octanol–water partition coefficient (Wildman–Crippen LogP) is 4.29. The molecule has 0 bridgehead atoms. The Kier molecular flexibility index (Phi) is 7.04. The molecule has 8 heteroatoms. The van der Waals surface area contributed by atoms with Gasteiger partial charge in [-0.15, -0.1) is 15.0 Å². The van der Waals surface area contributed by atoms with Crippen LogP contribution in [0, 0.1) is 0 Å². The first-order valence-electron chi connectivity index (χ1n) is 10.8. The molecule has 170 valence electrons. The molecule has 1 heterocycles. The highest BCUT2D eigenvalue weighted by Gasteiger charge is 2.11. The topological polar surface area (TPSA) is 95.7 Å². The summed E-state index contributed by atoms with van der Waals surface area (Å²) in [5, 5.41) is 17.8. The largest absolute Gasteiger partial charge is 0.493 e. The van der Waals surface area contributed by atoms with Gasteiger partial charge in [0, 0.05) is 6.42 Å². The van der Waals surface area contributed by atoms with Crippen molar-refractivity contribution in [2.45, 2.75) is 19.8 Å². The van der Waals surface area contributed by atoms with Crippen LogP contribution in [0.5, 0.6) is 17.2 Å². The minimum Gasteiger partial charge on any atom is -0.493 e. The van der Waals surface area contributed by atoms with Gasteiger partial charge in [-0.2, -0.15) is 0 Å². The molecule has 0 saturated carbocycles. The molecule has 0 aliphatic carbocycles. The Morgan fingerprint density at radius 2 is 1.52 bits per heavy atom. The number of aryl methyl sites for hydroxylation is 1. The van der Waals surface area contributed by atoms with Gasteiger partial charge in [0.05, 0.1) is 13.2 Å². The van der Waals surface area contributed by atoms with E-state index in [9.17, 15) is 4.79 Å². The highest BCUT2D eigenvalue weighted by Crippen LogP contribution is 2.25. The van der Waals surface area contributed by atoms with Crippen LogP contribution in [0.3, 0.4) is 0 Å². The van der Waals surface area contributed by atoms with Gasteiger partial charge in [0.1, 0.15) is 34.0 Å². The molecule has 3 aromatic carbocycles. The lowest BCUT2D eigenvalue weighted by molar-refractivity contribution is -0.139. The van der Waals surface area contributed by atoms with Crippen molar-refractivity contribution in [2.24, 2.45) is 0 Å². The first-order chi connectivity index (χ1) is 16.1. The summed E-state index contributed by atoms with van der Waals surface area (Å²) < 4.78 is 16.9. The molecule has 0 aliphatic rings. The third kappa shape index (κ3) is 5.79. The first-order valence-corrected chi connectivity index (χ1v) is 10.8. The van der Waals surface area contributed by atoms with Crippen molar-refractivity contribution in [1.82, 2.24) is 15.0 Å².